The van der Waals surface area contributed by atoms with E-state index in [4.69, 9.17) is 18.5 Å². The van der Waals surface area contributed by atoms with Gasteiger partial charge < -0.3 is 39.9 Å². The highest BCUT2D eigenvalue weighted by Crippen LogP contribution is 2.47. The number of rotatable bonds is 50. The molecule has 1 aliphatic carbocycles. The predicted molar refractivity (Wildman–Crippen MR) is 272 cm³/mol. The summed E-state index contributed by atoms with van der Waals surface area (Å²) in [6.45, 7) is 4.34. The molecule has 1 fully saturated rings. The molecule has 1 aliphatic rings. The molecule has 400 valence electrons. The van der Waals surface area contributed by atoms with Crippen LogP contribution in [0.2, 0.25) is 0 Å². The smallest absolute Gasteiger partial charge is 0.457 e. The Kier molecular flexibility index (Phi) is 43.4. The molecule has 13 heteroatoms. The Morgan fingerprint density at radius 1 is 0.418 bits per heavy atom. The molecule has 6 N–H and O–H groups in total. The lowest BCUT2D eigenvalue weighted by Crippen LogP contribution is -2.64. The Balaban J connectivity index is 2.27. The zero-order valence-electron chi connectivity index (χ0n) is 43.2. The van der Waals surface area contributed by atoms with Crippen molar-refractivity contribution in [1.29, 1.82) is 0 Å². The lowest BCUT2D eigenvalue weighted by molar-refractivity contribution is -0.220. The van der Waals surface area contributed by atoms with Crippen LogP contribution in [0, 0.1) is 0 Å². The summed E-state index contributed by atoms with van der Waals surface area (Å²) < 4.78 is 34.4. The van der Waals surface area contributed by atoms with Gasteiger partial charge >= 0.3 is 13.8 Å². The molecule has 1 saturated carbocycles. The van der Waals surface area contributed by atoms with Crippen LogP contribution in [-0.2, 0) is 27.9 Å². The minimum absolute atomic E-state index is 0.0670. The van der Waals surface area contributed by atoms with Gasteiger partial charge in [-0.3, -0.25) is 13.8 Å². The third-order valence-electron chi connectivity index (χ3n) is 13.7. The highest BCUT2D eigenvalue weighted by molar-refractivity contribution is 7.47. The Bertz CT molecular complexity index is 1120. The molecule has 8 atom stereocenters. The van der Waals surface area contributed by atoms with Gasteiger partial charge in [-0.2, -0.15) is 0 Å². The zero-order valence-corrected chi connectivity index (χ0v) is 44.1. The third-order valence-corrected chi connectivity index (χ3v) is 14.7. The molecule has 0 bridgehead atoms. The maximum Gasteiger partial charge on any atom is 0.472 e. The van der Waals surface area contributed by atoms with Crippen molar-refractivity contribution >= 4 is 13.8 Å². The molecule has 1 rings (SSSR count). The lowest BCUT2D eigenvalue weighted by atomic mass is 9.85. The van der Waals surface area contributed by atoms with E-state index in [1.807, 2.05) is 0 Å². The topological polar surface area (TPSA) is 192 Å². The van der Waals surface area contributed by atoms with E-state index in [1.54, 1.807) is 0 Å². The second kappa shape index (κ2) is 45.2. The van der Waals surface area contributed by atoms with Gasteiger partial charge in [0.2, 0.25) is 0 Å². The van der Waals surface area contributed by atoms with Gasteiger partial charge in [-0.15, -0.1) is 0 Å². The van der Waals surface area contributed by atoms with Crippen molar-refractivity contribution in [2.75, 3.05) is 19.8 Å². The number of ether oxygens (including phenoxy) is 2. The largest absolute Gasteiger partial charge is 0.472 e. The maximum atomic E-state index is 12.9. The molecule has 0 spiro atoms. The maximum absolute atomic E-state index is 12.9. The van der Waals surface area contributed by atoms with E-state index in [1.165, 1.54) is 212 Å². The molecule has 6 unspecified atom stereocenters. The van der Waals surface area contributed by atoms with Gasteiger partial charge in [0.15, 0.2) is 0 Å². The Hall–Kier alpha value is -0.660. The van der Waals surface area contributed by atoms with Crippen molar-refractivity contribution in [3.63, 3.8) is 0 Å². The first-order valence-corrected chi connectivity index (χ1v) is 29.9. The van der Waals surface area contributed by atoms with E-state index in [0.29, 0.717) is 13.0 Å². The molecular formula is C54H107O12P. The summed E-state index contributed by atoms with van der Waals surface area (Å²) in [5.74, 6) is -0.467. The van der Waals surface area contributed by atoms with Crippen molar-refractivity contribution in [3.05, 3.63) is 0 Å². The van der Waals surface area contributed by atoms with Crippen LogP contribution < -0.4 is 0 Å². The lowest BCUT2D eigenvalue weighted by Gasteiger charge is -2.41. The van der Waals surface area contributed by atoms with Crippen LogP contribution in [0.4, 0.5) is 0 Å². The van der Waals surface area contributed by atoms with Gasteiger partial charge in [-0.25, -0.2) is 4.57 Å². The van der Waals surface area contributed by atoms with E-state index in [9.17, 15) is 39.8 Å². The van der Waals surface area contributed by atoms with Crippen LogP contribution in [0.15, 0.2) is 0 Å². The number of carbonyl (C=O) groups is 1. The number of phosphoric acid groups is 1. The zero-order chi connectivity index (χ0) is 49.1. The van der Waals surface area contributed by atoms with Crippen LogP contribution in [0.3, 0.4) is 0 Å². The number of hydrogen-bond acceptors (Lipinski definition) is 11. The van der Waals surface area contributed by atoms with Gasteiger partial charge in [-0.05, 0) is 12.8 Å². The molecule has 12 nitrogen and oxygen atoms in total. The highest BCUT2D eigenvalue weighted by Gasteiger charge is 2.51. The van der Waals surface area contributed by atoms with E-state index in [2.05, 4.69) is 13.8 Å². The van der Waals surface area contributed by atoms with Crippen LogP contribution in [0.1, 0.15) is 277 Å². The molecule has 0 amide bonds. The molecule has 0 aromatic carbocycles. The van der Waals surface area contributed by atoms with Crippen molar-refractivity contribution in [1.82, 2.24) is 0 Å². The van der Waals surface area contributed by atoms with E-state index < -0.39 is 63.1 Å². The van der Waals surface area contributed by atoms with Crippen molar-refractivity contribution in [3.8, 4) is 0 Å². The van der Waals surface area contributed by atoms with Gasteiger partial charge in [0.25, 0.3) is 0 Å². The SMILES string of the molecule is CCCCCCCCCCCCCCCCCCCCCCOC[C@H](COP(=O)(O)OC1C(O)C(O)C(O)[C@@H](O)C1O)OC(=O)CCCCCCCCCCCCCCCCCCCCCC. The average molecular weight is 979 g/mol. The number of carbonyl (C=O) groups excluding carboxylic acids is 1. The molecular weight excluding hydrogens is 872 g/mol. The predicted octanol–water partition coefficient (Wildman–Crippen LogP) is 13.3. The molecule has 0 saturated heterocycles. The first-order chi connectivity index (χ1) is 32.5. The molecule has 0 aromatic rings. The molecule has 0 heterocycles. The van der Waals surface area contributed by atoms with Crippen LogP contribution in [0.25, 0.3) is 0 Å². The number of aliphatic hydroxyl groups is 5. The second-order valence-electron chi connectivity index (χ2n) is 20.2. The Morgan fingerprint density at radius 3 is 1.03 bits per heavy atom. The van der Waals surface area contributed by atoms with Crippen molar-refractivity contribution < 1.29 is 58.3 Å². The van der Waals surface area contributed by atoms with Crippen molar-refractivity contribution in [2.24, 2.45) is 0 Å². The van der Waals surface area contributed by atoms with Gasteiger partial charge in [0.1, 0.15) is 42.7 Å². The van der Waals surface area contributed by atoms with Gasteiger partial charge in [-0.1, -0.05) is 258 Å². The summed E-state index contributed by atoms with van der Waals surface area (Å²) in [5.41, 5.74) is 0. The van der Waals surface area contributed by atoms with Crippen LogP contribution in [0.5, 0.6) is 0 Å². The normalized spacial score (nSPS) is 21.1. The van der Waals surface area contributed by atoms with Gasteiger partial charge in [0.05, 0.1) is 13.2 Å². The second-order valence-corrected chi connectivity index (χ2v) is 21.6. The number of phosphoric ester groups is 1. The molecule has 67 heavy (non-hydrogen) atoms. The first-order valence-electron chi connectivity index (χ1n) is 28.4. The summed E-state index contributed by atoms with van der Waals surface area (Å²) in [6.07, 6.45) is 38.9. The van der Waals surface area contributed by atoms with E-state index in [-0.39, 0.29) is 13.0 Å². The van der Waals surface area contributed by atoms with E-state index in [0.717, 1.165) is 38.5 Å². The summed E-state index contributed by atoms with van der Waals surface area (Å²) in [7, 11) is -5.02. The average Bonchev–Trinajstić information content (AvgIpc) is 3.31. The molecule has 0 radical (unpaired) electrons. The monoisotopic (exact) mass is 979 g/mol. The Labute approximate surface area is 410 Å². The van der Waals surface area contributed by atoms with E-state index >= 15 is 0 Å². The summed E-state index contributed by atoms with van der Waals surface area (Å²) in [4.78, 5) is 23.3. The summed E-state index contributed by atoms with van der Waals surface area (Å²) >= 11 is 0. The highest BCUT2D eigenvalue weighted by atomic mass is 31.2. The fraction of sp³-hybridized carbons (Fsp3) is 0.981. The third kappa shape index (κ3) is 36.9. The summed E-state index contributed by atoms with van der Waals surface area (Å²) in [5, 5.41) is 50.4. The molecule has 0 aliphatic heterocycles. The Morgan fingerprint density at radius 2 is 0.701 bits per heavy atom. The minimum atomic E-state index is -5.02. The standard InChI is InChI=1S/C54H107O12P/c1-3-5-7-9-11-13-15-17-19-21-23-25-27-29-31-33-35-37-39-41-43-48(55)65-47(46-64-67(61,62)66-54-52(59)50(57)49(56)51(58)53(54)60)45-63-44-42-40-38-36-34-32-30-28-26-24-22-20-18-16-14-12-10-8-6-4-2/h47,49-54,56-60H,3-46H2,1-2H3,(H,61,62)/t47-,49?,50-,51?,52?,53?,54?/m1/s1. The fourth-order valence-corrected chi connectivity index (χ4v) is 10.2. The number of hydrogen-bond donors (Lipinski definition) is 6. The van der Waals surface area contributed by atoms with Crippen LogP contribution in [-0.4, -0.2) is 98.9 Å². The van der Waals surface area contributed by atoms with Crippen molar-refractivity contribution in [2.45, 2.75) is 320 Å². The fourth-order valence-electron chi connectivity index (χ4n) is 9.24. The summed E-state index contributed by atoms with van der Waals surface area (Å²) in [6, 6.07) is 0. The number of unbranched alkanes of at least 4 members (excludes halogenated alkanes) is 38. The van der Waals surface area contributed by atoms with Crippen LogP contribution >= 0.6 is 7.82 Å². The first kappa shape index (κ1) is 64.4. The molecule has 0 aromatic heterocycles. The van der Waals surface area contributed by atoms with Gasteiger partial charge in [0, 0.05) is 13.0 Å². The quantitative estimate of drug-likeness (QED) is 0.0192. The number of esters is 1. The number of aliphatic hydroxyl groups excluding tert-OH is 5. The minimum Gasteiger partial charge on any atom is -0.457 e.